The van der Waals surface area contributed by atoms with Crippen LogP contribution in [-0.2, 0) is 9.59 Å². The first-order valence-electron chi connectivity index (χ1n) is 11.1. The highest BCUT2D eigenvalue weighted by molar-refractivity contribution is 5.89. The van der Waals surface area contributed by atoms with Gasteiger partial charge in [0.25, 0.3) is 11.8 Å². The van der Waals surface area contributed by atoms with Gasteiger partial charge in [-0.15, -0.1) is 0 Å². The van der Waals surface area contributed by atoms with Gasteiger partial charge in [-0.05, 0) is 54.7 Å². The molecule has 2 amide bonds. The fraction of sp³-hybridized carbons (Fsp3) is 0.346. The fourth-order valence-electron chi connectivity index (χ4n) is 3.08. The third kappa shape index (κ3) is 8.61. The van der Waals surface area contributed by atoms with Crippen molar-refractivity contribution in [1.82, 2.24) is 10.7 Å². The first-order valence-corrected chi connectivity index (χ1v) is 11.1. The Morgan fingerprint density at radius 2 is 1.85 bits per heavy atom. The Labute approximate surface area is 201 Å². The van der Waals surface area contributed by atoms with Crippen LogP contribution in [0.3, 0.4) is 0 Å². The van der Waals surface area contributed by atoms with Gasteiger partial charge in [0.15, 0.2) is 18.1 Å². The third-order valence-corrected chi connectivity index (χ3v) is 4.74. The number of methoxy groups -OCH3 is 1. The van der Waals surface area contributed by atoms with Gasteiger partial charge in [-0.25, -0.2) is 5.43 Å². The van der Waals surface area contributed by atoms with E-state index in [1.54, 1.807) is 37.5 Å². The Kier molecular flexibility index (Phi) is 10.6. The van der Waals surface area contributed by atoms with Gasteiger partial charge in [0.05, 0.1) is 13.3 Å². The number of hydrazone groups is 1. The topological polar surface area (TPSA) is 98.2 Å². The quantitative estimate of drug-likeness (QED) is 0.266. The van der Waals surface area contributed by atoms with E-state index in [4.69, 9.17) is 14.2 Å². The number of para-hydroxylation sites is 1. The van der Waals surface area contributed by atoms with Gasteiger partial charge in [0.1, 0.15) is 18.4 Å². The Hall–Kier alpha value is -3.81. The van der Waals surface area contributed by atoms with Crippen molar-refractivity contribution in [3.05, 3.63) is 66.2 Å². The van der Waals surface area contributed by atoms with Crippen LogP contribution in [0, 0.1) is 12.8 Å². The highest BCUT2D eigenvalue weighted by Gasteiger charge is 2.22. The minimum atomic E-state index is -0.741. The van der Waals surface area contributed by atoms with E-state index in [1.807, 2.05) is 39.0 Å². The van der Waals surface area contributed by atoms with Crippen molar-refractivity contribution in [3.8, 4) is 17.2 Å². The minimum Gasteiger partial charge on any atom is -0.493 e. The van der Waals surface area contributed by atoms with Gasteiger partial charge in [0, 0.05) is 0 Å². The van der Waals surface area contributed by atoms with E-state index >= 15 is 0 Å². The largest absolute Gasteiger partial charge is 0.493 e. The van der Waals surface area contributed by atoms with E-state index in [0.29, 0.717) is 35.8 Å². The second-order valence-corrected chi connectivity index (χ2v) is 8.05. The van der Waals surface area contributed by atoms with Gasteiger partial charge in [-0.3, -0.25) is 9.59 Å². The zero-order valence-electron chi connectivity index (χ0n) is 20.2. The van der Waals surface area contributed by atoms with E-state index in [0.717, 1.165) is 5.56 Å². The van der Waals surface area contributed by atoms with Crippen molar-refractivity contribution in [2.45, 2.75) is 33.2 Å². The summed E-state index contributed by atoms with van der Waals surface area (Å²) in [7, 11) is 1.54. The molecule has 0 radical (unpaired) electrons. The number of nitrogens with zero attached hydrogens (tertiary/aromatic N) is 1. The van der Waals surface area contributed by atoms with Gasteiger partial charge in [-0.1, -0.05) is 44.7 Å². The maximum Gasteiger partial charge on any atom is 0.262 e. The minimum absolute atomic E-state index is 0.184. The molecule has 0 heterocycles. The number of rotatable bonds is 13. The molecule has 0 aliphatic heterocycles. The van der Waals surface area contributed by atoms with Crippen LogP contribution in [0.4, 0.5) is 0 Å². The van der Waals surface area contributed by atoms with Crippen LogP contribution < -0.4 is 25.0 Å². The van der Waals surface area contributed by atoms with Gasteiger partial charge in [0.2, 0.25) is 0 Å². The SMILES string of the molecule is C=CCOc1ccc(/C=N\NC(=O)[C@@H](CC(C)C)NC(=O)COc2ccccc2C)cc1OC. The zero-order chi connectivity index (χ0) is 24.9. The number of benzene rings is 2. The summed E-state index contributed by atoms with van der Waals surface area (Å²) in [4.78, 5) is 25.1. The molecule has 2 aromatic carbocycles. The average molecular weight is 468 g/mol. The standard InChI is InChI=1S/C26H33N3O5/c1-6-13-33-23-12-11-20(15-24(23)32-5)16-27-29-26(31)21(14-18(2)3)28-25(30)17-34-22-10-8-7-9-19(22)4/h6-12,15-16,18,21H,1,13-14,17H2,2-5H3,(H,28,30)(H,29,31)/b27-16-/t21-/m1/s1. The molecular formula is C26H33N3O5. The highest BCUT2D eigenvalue weighted by Crippen LogP contribution is 2.27. The summed E-state index contributed by atoms with van der Waals surface area (Å²) in [6.07, 6.45) is 3.60. The lowest BCUT2D eigenvalue weighted by Crippen LogP contribution is -2.47. The molecule has 0 bridgehead atoms. The van der Waals surface area contributed by atoms with Crippen molar-refractivity contribution in [1.29, 1.82) is 0 Å². The average Bonchev–Trinajstić information content (AvgIpc) is 2.81. The van der Waals surface area contributed by atoms with Crippen molar-refractivity contribution in [3.63, 3.8) is 0 Å². The summed E-state index contributed by atoms with van der Waals surface area (Å²) >= 11 is 0. The Morgan fingerprint density at radius 3 is 2.53 bits per heavy atom. The molecule has 0 aliphatic rings. The lowest BCUT2D eigenvalue weighted by molar-refractivity contribution is -0.130. The monoisotopic (exact) mass is 467 g/mol. The molecule has 0 aromatic heterocycles. The zero-order valence-corrected chi connectivity index (χ0v) is 20.2. The van der Waals surface area contributed by atoms with Crippen molar-refractivity contribution >= 4 is 18.0 Å². The van der Waals surface area contributed by atoms with Crippen LogP contribution in [0.15, 0.2) is 60.2 Å². The molecule has 0 aliphatic carbocycles. The number of carbonyl (C=O) groups excluding carboxylic acids is 2. The van der Waals surface area contributed by atoms with E-state index in [9.17, 15) is 9.59 Å². The van der Waals surface area contributed by atoms with E-state index in [-0.39, 0.29) is 18.4 Å². The van der Waals surface area contributed by atoms with Gasteiger partial charge >= 0.3 is 0 Å². The molecule has 2 N–H and O–H groups in total. The van der Waals surface area contributed by atoms with Crippen LogP contribution in [0.5, 0.6) is 17.2 Å². The number of amides is 2. The summed E-state index contributed by atoms with van der Waals surface area (Å²) in [5.41, 5.74) is 4.14. The summed E-state index contributed by atoms with van der Waals surface area (Å²) in [5.74, 6) is 1.14. The first-order chi connectivity index (χ1) is 16.3. The number of hydrogen-bond donors (Lipinski definition) is 2. The normalized spacial score (nSPS) is 11.7. The number of ether oxygens (including phenoxy) is 3. The molecule has 0 unspecified atom stereocenters. The molecule has 2 rings (SSSR count). The van der Waals surface area contributed by atoms with Crippen LogP contribution in [-0.4, -0.2) is 44.4 Å². The lowest BCUT2D eigenvalue weighted by atomic mass is 10.0. The fourth-order valence-corrected chi connectivity index (χ4v) is 3.08. The Morgan fingerprint density at radius 1 is 1.09 bits per heavy atom. The van der Waals surface area contributed by atoms with Crippen LogP contribution in [0.1, 0.15) is 31.4 Å². The molecule has 8 heteroatoms. The summed E-state index contributed by atoms with van der Waals surface area (Å²) in [6, 6.07) is 12.0. The molecule has 0 saturated heterocycles. The van der Waals surface area contributed by atoms with E-state index in [2.05, 4.69) is 22.4 Å². The maximum atomic E-state index is 12.7. The van der Waals surface area contributed by atoms with Crippen molar-refractivity contribution in [2.24, 2.45) is 11.0 Å². The molecule has 0 spiro atoms. The number of nitrogens with one attached hydrogen (secondary N) is 2. The summed E-state index contributed by atoms with van der Waals surface area (Å²) < 4.78 is 16.4. The molecule has 8 nitrogen and oxygen atoms in total. The summed E-state index contributed by atoms with van der Waals surface area (Å²) in [5, 5.41) is 6.77. The highest BCUT2D eigenvalue weighted by atomic mass is 16.5. The van der Waals surface area contributed by atoms with Crippen molar-refractivity contribution < 1.29 is 23.8 Å². The Balaban J connectivity index is 1.96. The molecule has 0 saturated carbocycles. The predicted octanol–water partition coefficient (Wildman–Crippen LogP) is 3.63. The summed E-state index contributed by atoms with van der Waals surface area (Å²) in [6.45, 7) is 9.65. The third-order valence-electron chi connectivity index (χ3n) is 4.74. The number of hydrogen-bond acceptors (Lipinski definition) is 6. The first kappa shape index (κ1) is 26.4. The van der Waals surface area contributed by atoms with E-state index in [1.165, 1.54) is 6.21 Å². The van der Waals surface area contributed by atoms with Crippen LogP contribution in [0.2, 0.25) is 0 Å². The van der Waals surface area contributed by atoms with E-state index < -0.39 is 11.9 Å². The van der Waals surface area contributed by atoms with Crippen LogP contribution >= 0.6 is 0 Å². The molecule has 182 valence electrons. The molecule has 1 atom stereocenters. The molecular weight excluding hydrogens is 434 g/mol. The molecule has 2 aromatic rings. The predicted molar refractivity (Wildman–Crippen MR) is 132 cm³/mol. The number of carbonyl (C=O) groups is 2. The second kappa shape index (κ2) is 13.7. The lowest BCUT2D eigenvalue weighted by Gasteiger charge is -2.19. The Bertz CT molecular complexity index is 1000. The smallest absolute Gasteiger partial charge is 0.262 e. The maximum absolute atomic E-state index is 12.7. The van der Waals surface area contributed by atoms with Gasteiger partial charge < -0.3 is 19.5 Å². The number of aryl methyl sites for hydroxylation is 1. The second-order valence-electron chi connectivity index (χ2n) is 8.05. The van der Waals surface area contributed by atoms with Gasteiger partial charge in [-0.2, -0.15) is 5.10 Å². The van der Waals surface area contributed by atoms with Crippen molar-refractivity contribution in [2.75, 3.05) is 20.3 Å². The molecule has 0 fully saturated rings. The molecule has 34 heavy (non-hydrogen) atoms. The van der Waals surface area contributed by atoms with Crippen LogP contribution in [0.25, 0.3) is 0 Å².